The Balaban J connectivity index is 2.13. The first kappa shape index (κ1) is 16.1. The summed E-state index contributed by atoms with van der Waals surface area (Å²) in [5.41, 5.74) is 1.56. The van der Waals surface area contributed by atoms with Gasteiger partial charge in [0.25, 0.3) is 0 Å². The van der Waals surface area contributed by atoms with E-state index < -0.39 is 6.03 Å². The molecule has 0 radical (unpaired) electrons. The molecule has 0 unspecified atom stereocenters. The monoisotopic (exact) mass is 388 g/mol. The van der Waals surface area contributed by atoms with Crippen LogP contribution in [0, 0.1) is 0 Å². The van der Waals surface area contributed by atoms with Crippen molar-refractivity contribution in [2.24, 2.45) is 0 Å². The van der Waals surface area contributed by atoms with Crippen LogP contribution in [0.2, 0.25) is 10.0 Å². The number of halogens is 3. The summed E-state index contributed by atoms with van der Waals surface area (Å²) in [5.74, 6) is 0. The number of hydrogen-bond donors (Lipinski definition) is 3. The van der Waals surface area contributed by atoms with Crippen molar-refractivity contribution in [2.45, 2.75) is 6.61 Å². The molecule has 2 rings (SSSR count). The normalized spacial score (nSPS) is 10.3. The van der Waals surface area contributed by atoms with Crippen LogP contribution in [-0.2, 0) is 6.61 Å². The second-order valence-electron chi connectivity index (χ2n) is 4.20. The SMILES string of the molecule is O=C(Nc1cc(Cl)cc(Br)c1)Nc1cc(Cl)ccc1CO. The molecule has 2 amide bonds. The number of urea groups is 1. The molecule has 0 heterocycles. The lowest BCUT2D eigenvalue weighted by atomic mass is 10.2. The van der Waals surface area contributed by atoms with E-state index in [0.717, 1.165) is 4.47 Å². The summed E-state index contributed by atoms with van der Waals surface area (Å²) in [5, 5.41) is 15.5. The third-order valence-corrected chi connectivity index (χ3v) is 3.52. The van der Waals surface area contributed by atoms with Gasteiger partial charge in [0.05, 0.1) is 6.61 Å². The third-order valence-electron chi connectivity index (χ3n) is 2.61. The number of anilines is 2. The number of carbonyl (C=O) groups excluding carboxylic acids is 1. The van der Waals surface area contributed by atoms with Gasteiger partial charge < -0.3 is 15.7 Å². The summed E-state index contributed by atoms with van der Waals surface area (Å²) < 4.78 is 0.754. The van der Waals surface area contributed by atoms with Crippen LogP contribution < -0.4 is 10.6 Å². The van der Waals surface area contributed by atoms with Crippen molar-refractivity contribution < 1.29 is 9.90 Å². The van der Waals surface area contributed by atoms with Crippen molar-refractivity contribution in [3.8, 4) is 0 Å². The predicted molar refractivity (Wildman–Crippen MR) is 89.2 cm³/mol. The summed E-state index contributed by atoms with van der Waals surface area (Å²) >= 11 is 15.1. The maximum Gasteiger partial charge on any atom is 0.323 e. The van der Waals surface area contributed by atoms with Gasteiger partial charge in [0.15, 0.2) is 0 Å². The number of carbonyl (C=O) groups is 1. The van der Waals surface area contributed by atoms with Crippen molar-refractivity contribution in [3.05, 3.63) is 56.5 Å². The summed E-state index contributed by atoms with van der Waals surface area (Å²) in [7, 11) is 0. The Morgan fingerprint density at radius 2 is 1.86 bits per heavy atom. The number of benzene rings is 2. The Morgan fingerprint density at radius 1 is 1.10 bits per heavy atom. The van der Waals surface area contributed by atoms with E-state index in [1.807, 2.05) is 0 Å². The summed E-state index contributed by atoms with van der Waals surface area (Å²) in [6.45, 7) is -0.199. The highest BCUT2D eigenvalue weighted by atomic mass is 79.9. The molecular weight excluding hydrogens is 379 g/mol. The third kappa shape index (κ3) is 4.61. The first-order valence-electron chi connectivity index (χ1n) is 5.91. The van der Waals surface area contributed by atoms with Crippen molar-refractivity contribution in [1.29, 1.82) is 0 Å². The molecule has 0 fully saturated rings. The molecule has 0 saturated heterocycles. The van der Waals surface area contributed by atoms with Crippen LogP contribution in [0.3, 0.4) is 0 Å². The number of amides is 2. The second-order valence-corrected chi connectivity index (χ2v) is 5.99. The van der Waals surface area contributed by atoms with Crippen LogP contribution in [0.15, 0.2) is 40.9 Å². The minimum Gasteiger partial charge on any atom is -0.392 e. The molecule has 0 bridgehead atoms. The molecule has 2 aromatic carbocycles. The topological polar surface area (TPSA) is 61.4 Å². The molecule has 0 aromatic heterocycles. The molecule has 110 valence electrons. The lowest BCUT2D eigenvalue weighted by Crippen LogP contribution is -2.20. The highest BCUT2D eigenvalue weighted by molar-refractivity contribution is 9.10. The molecular formula is C14H11BrCl2N2O2. The molecule has 0 atom stereocenters. The van der Waals surface area contributed by atoms with Gasteiger partial charge in [-0.3, -0.25) is 0 Å². The Bertz CT molecular complexity index is 660. The fourth-order valence-electron chi connectivity index (χ4n) is 1.71. The van der Waals surface area contributed by atoms with Gasteiger partial charge in [0, 0.05) is 31.5 Å². The number of nitrogens with one attached hydrogen (secondary N) is 2. The quantitative estimate of drug-likeness (QED) is 0.699. The van der Waals surface area contributed by atoms with Gasteiger partial charge in [-0.1, -0.05) is 45.2 Å². The average molecular weight is 390 g/mol. The zero-order valence-electron chi connectivity index (χ0n) is 10.7. The number of aliphatic hydroxyl groups excluding tert-OH is 1. The van der Waals surface area contributed by atoms with Crippen molar-refractivity contribution in [3.63, 3.8) is 0 Å². The van der Waals surface area contributed by atoms with Gasteiger partial charge in [-0.15, -0.1) is 0 Å². The second kappa shape index (κ2) is 7.13. The maximum atomic E-state index is 12.0. The molecule has 2 aromatic rings. The Labute approximate surface area is 140 Å². The minimum absolute atomic E-state index is 0.199. The number of aliphatic hydroxyl groups is 1. The first-order chi connectivity index (χ1) is 9.97. The zero-order chi connectivity index (χ0) is 15.4. The van der Waals surface area contributed by atoms with Gasteiger partial charge in [-0.05, 0) is 30.3 Å². The lowest BCUT2D eigenvalue weighted by molar-refractivity contribution is 0.262. The van der Waals surface area contributed by atoms with E-state index in [9.17, 15) is 9.90 Å². The van der Waals surface area contributed by atoms with Gasteiger partial charge in [-0.2, -0.15) is 0 Å². The van der Waals surface area contributed by atoms with E-state index in [2.05, 4.69) is 26.6 Å². The van der Waals surface area contributed by atoms with E-state index in [1.165, 1.54) is 0 Å². The van der Waals surface area contributed by atoms with Crippen LogP contribution >= 0.6 is 39.1 Å². The predicted octanol–water partition coefficient (Wildman–Crippen LogP) is 4.89. The van der Waals surface area contributed by atoms with Crippen molar-refractivity contribution >= 4 is 56.5 Å². The largest absolute Gasteiger partial charge is 0.392 e. The van der Waals surface area contributed by atoms with E-state index in [0.29, 0.717) is 27.0 Å². The number of rotatable bonds is 3. The van der Waals surface area contributed by atoms with Crippen molar-refractivity contribution in [2.75, 3.05) is 10.6 Å². The Morgan fingerprint density at radius 3 is 2.52 bits per heavy atom. The number of hydrogen-bond acceptors (Lipinski definition) is 2. The van der Waals surface area contributed by atoms with Gasteiger partial charge in [0.2, 0.25) is 0 Å². The standard InChI is InChI=1S/C14H11BrCl2N2O2/c15-9-3-11(17)5-12(4-9)18-14(21)19-13-6-10(16)2-1-8(13)7-20/h1-6,20H,7H2,(H2,18,19,21). The molecule has 4 nitrogen and oxygen atoms in total. The molecule has 0 aliphatic rings. The van der Waals surface area contributed by atoms with Gasteiger partial charge in [-0.25, -0.2) is 4.79 Å². The van der Waals surface area contributed by atoms with Gasteiger partial charge >= 0.3 is 6.03 Å². The molecule has 3 N–H and O–H groups in total. The van der Waals surface area contributed by atoms with Crippen LogP contribution in [0.25, 0.3) is 0 Å². The highest BCUT2D eigenvalue weighted by Crippen LogP contribution is 2.24. The molecule has 21 heavy (non-hydrogen) atoms. The van der Waals surface area contributed by atoms with Crippen molar-refractivity contribution in [1.82, 2.24) is 0 Å². The molecule has 0 aliphatic carbocycles. The van der Waals surface area contributed by atoms with E-state index in [4.69, 9.17) is 23.2 Å². The average Bonchev–Trinajstić information content (AvgIpc) is 2.37. The smallest absolute Gasteiger partial charge is 0.323 e. The zero-order valence-corrected chi connectivity index (χ0v) is 13.8. The summed E-state index contributed by atoms with van der Waals surface area (Å²) in [6, 6.07) is 9.46. The van der Waals surface area contributed by atoms with Gasteiger partial charge in [0.1, 0.15) is 0 Å². The molecule has 7 heteroatoms. The van der Waals surface area contributed by atoms with E-state index in [-0.39, 0.29) is 6.61 Å². The van der Waals surface area contributed by atoms with Crippen LogP contribution in [0.1, 0.15) is 5.56 Å². The Kier molecular flexibility index (Phi) is 5.47. The van der Waals surface area contributed by atoms with Crippen LogP contribution in [-0.4, -0.2) is 11.1 Å². The summed E-state index contributed by atoms with van der Waals surface area (Å²) in [6.07, 6.45) is 0. The van der Waals surface area contributed by atoms with Crippen LogP contribution in [0.4, 0.5) is 16.2 Å². The van der Waals surface area contributed by atoms with E-state index >= 15 is 0 Å². The highest BCUT2D eigenvalue weighted by Gasteiger charge is 2.08. The fourth-order valence-corrected chi connectivity index (χ4v) is 2.75. The maximum absolute atomic E-state index is 12.0. The molecule has 0 aliphatic heterocycles. The Hall–Kier alpha value is -1.27. The molecule has 0 saturated carbocycles. The lowest BCUT2D eigenvalue weighted by Gasteiger charge is -2.11. The minimum atomic E-state index is -0.457. The fraction of sp³-hybridized carbons (Fsp3) is 0.0714. The van der Waals surface area contributed by atoms with E-state index in [1.54, 1.807) is 36.4 Å². The van der Waals surface area contributed by atoms with Crippen LogP contribution in [0.5, 0.6) is 0 Å². The summed E-state index contributed by atoms with van der Waals surface area (Å²) in [4.78, 5) is 12.0. The molecule has 0 spiro atoms. The first-order valence-corrected chi connectivity index (χ1v) is 7.46.